The molecule has 6 heteroatoms. The number of nitrogens with zero attached hydrogens (tertiary/aromatic N) is 2. The van der Waals surface area contributed by atoms with E-state index in [2.05, 4.69) is 15.3 Å². The third-order valence-corrected chi connectivity index (χ3v) is 3.69. The summed E-state index contributed by atoms with van der Waals surface area (Å²) < 4.78 is 18.8. The van der Waals surface area contributed by atoms with Crippen LogP contribution in [0.4, 0.5) is 10.1 Å². The van der Waals surface area contributed by atoms with Gasteiger partial charge in [0.1, 0.15) is 0 Å². The van der Waals surface area contributed by atoms with Crippen molar-refractivity contribution in [1.82, 2.24) is 9.97 Å². The number of carbonyl (C=O) groups is 1. The molecular weight excluding hydrogens is 321 g/mol. The van der Waals surface area contributed by atoms with Crippen molar-refractivity contribution < 1.29 is 13.9 Å². The maximum atomic E-state index is 13.5. The van der Waals surface area contributed by atoms with Crippen LogP contribution in [0.1, 0.15) is 21.5 Å². The van der Waals surface area contributed by atoms with E-state index >= 15 is 0 Å². The first-order chi connectivity index (χ1) is 12.0. The van der Waals surface area contributed by atoms with Gasteiger partial charge in [-0.3, -0.25) is 4.79 Å². The third kappa shape index (κ3) is 3.98. The van der Waals surface area contributed by atoms with E-state index in [4.69, 9.17) is 4.74 Å². The van der Waals surface area contributed by atoms with Crippen molar-refractivity contribution in [1.29, 1.82) is 0 Å². The summed E-state index contributed by atoms with van der Waals surface area (Å²) in [6, 6.07) is 11.4. The molecule has 2 aromatic carbocycles. The van der Waals surface area contributed by atoms with E-state index in [-0.39, 0.29) is 17.7 Å². The highest BCUT2D eigenvalue weighted by Gasteiger charge is 2.09. The van der Waals surface area contributed by atoms with Gasteiger partial charge in [0, 0.05) is 5.56 Å². The number of carbonyl (C=O) groups excluding carboxylic acids is 1. The highest BCUT2D eigenvalue weighted by Crippen LogP contribution is 2.21. The molecule has 3 rings (SSSR count). The van der Waals surface area contributed by atoms with Crippen LogP contribution in [0.5, 0.6) is 11.8 Å². The Balaban J connectivity index is 1.69. The Hall–Kier alpha value is -3.28. The van der Waals surface area contributed by atoms with Gasteiger partial charge in [0.15, 0.2) is 11.6 Å². The molecule has 5 nitrogen and oxygen atoms in total. The van der Waals surface area contributed by atoms with Crippen LogP contribution in [-0.4, -0.2) is 15.9 Å². The molecule has 1 heterocycles. The van der Waals surface area contributed by atoms with Gasteiger partial charge in [-0.05, 0) is 49.2 Å². The van der Waals surface area contributed by atoms with E-state index in [0.29, 0.717) is 11.3 Å². The fraction of sp³-hybridized carbons (Fsp3) is 0.105. The SMILES string of the molecule is Cc1ccc(C(=O)Nc2cnc(Oc3ccccc3F)nc2)cc1C. The maximum Gasteiger partial charge on any atom is 0.322 e. The highest BCUT2D eigenvalue weighted by molar-refractivity contribution is 6.04. The van der Waals surface area contributed by atoms with Crippen molar-refractivity contribution in [2.45, 2.75) is 13.8 Å². The number of halogens is 1. The van der Waals surface area contributed by atoms with E-state index in [1.54, 1.807) is 18.2 Å². The molecule has 0 atom stereocenters. The molecule has 1 N–H and O–H groups in total. The fourth-order valence-corrected chi connectivity index (χ4v) is 2.15. The summed E-state index contributed by atoms with van der Waals surface area (Å²) in [5.74, 6) is -0.720. The quantitative estimate of drug-likeness (QED) is 0.772. The number of amides is 1. The fourth-order valence-electron chi connectivity index (χ4n) is 2.15. The van der Waals surface area contributed by atoms with Gasteiger partial charge in [0.2, 0.25) is 0 Å². The lowest BCUT2D eigenvalue weighted by molar-refractivity contribution is 0.102. The second kappa shape index (κ2) is 7.09. The number of para-hydroxylation sites is 1. The van der Waals surface area contributed by atoms with Gasteiger partial charge in [0.25, 0.3) is 5.91 Å². The van der Waals surface area contributed by atoms with E-state index in [0.717, 1.165) is 11.1 Å². The monoisotopic (exact) mass is 337 g/mol. The lowest BCUT2D eigenvalue weighted by Gasteiger charge is -2.08. The third-order valence-electron chi connectivity index (χ3n) is 3.69. The zero-order valence-corrected chi connectivity index (χ0v) is 13.8. The lowest BCUT2D eigenvalue weighted by atomic mass is 10.1. The summed E-state index contributed by atoms with van der Waals surface area (Å²) in [4.78, 5) is 20.2. The van der Waals surface area contributed by atoms with Crippen LogP contribution in [0.15, 0.2) is 54.9 Å². The van der Waals surface area contributed by atoms with E-state index < -0.39 is 5.82 Å². The van der Waals surface area contributed by atoms with Crippen molar-refractivity contribution in [3.8, 4) is 11.8 Å². The molecule has 0 bridgehead atoms. The Kier molecular flexibility index (Phi) is 4.70. The molecule has 0 aliphatic rings. The topological polar surface area (TPSA) is 64.1 Å². The molecule has 0 unspecified atom stereocenters. The van der Waals surface area contributed by atoms with E-state index in [9.17, 15) is 9.18 Å². The number of aryl methyl sites for hydroxylation is 2. The molecule has 1 amide bonds. The summed E-state index contributed by atoms with van der Waals surface area (Å²) >= 11 is 0. The number of aromatic nitrogens is 2. The smallest absolute Gasteiger partial charge is 0.322 e. The average Bonchev–Trinajstić information content (AvgIpc) is 2.61. The van der Waals surface area contributed by atoms with Crippen molar-refractivity contribution in [3.05, 3.63) is 77.4 Å². The normalized spacial score (nSPS) is 10.4. The predicted molar refractivity (Wildman–Crippen MR) is 92.4 cm³/mol. The minimum atomic E-state index is -0.502. The number of benzene rings is 2. The van der Waals surface area contributed by atoms with Gasteiger partial charge in [-0.15, -0.1) is 0 Å². The summed E-state index contributed by atoms with van der Waals surface area (Å²) in [6.07, 6.45) is 2.81. The molecule has 0 fully saturated rings. The number of hydrogen-bond donors (Lipinski definition) is 1. The molecule has 1 aromatic heterocycles. The summed E-state index contributed by atoms with van der Waals surface area (Å²) in [5.41, 5.74) is 3.13. The first-order valence-electron chi connectivity index (χ1n) is 7.66. The summed E-state index contributed by atoms with van der Waals surface area (Å²) in [5, 5.41) is 2.71. The largest absolute Gasteiger partial charge is 0.421 e. The van der Waals surface area contributed by atoms with Crippen LogP contribution in [0.3, 0.4) is 0 Å². The van der Waals surface area contributed by atoms with Crippen LogP contribution in [0, 0.1) is 19.7 Å². The molecule has 0 spiro atoms. The first-order valence-corrected chi connectivity index (χ1v) is 7.66. The van der Waals surface area contributed by atoms with Crippen LogP contribution in [0.2, 0.25) is 0 Å². The molecule has 0 saturated heterocycles. The van der Waals surface area contributed by atoms with E-state index in [1.165, 1.54) is 24.5 Å². The van der Waals surface area contributed by atoms with Gasteiger partial charge in [0.05, 0.1) is 18.1 Å². The number of hydrogen-bond acceptors (Lipinski definition) is 4. The molecule has 25 heavy (non-hydrogen) atoms. The van der Waals surface area contributed by atoms with Crippen LogP contribution in [-0.2, 0) is 0 Å². The van der Waals surface area contributed by atoms with Crippen molar-refractivity contribution in [2.75, 3.05) is 5.32 Å². The van der Waals surface area contributed by atoms with Crippen LogP contribution >= 0.6 is 0 Å². The van der Waals surface area contributed by atoms with Gasteiger partial charge < -0.3 is 10.1 Å². The van der Waals surface area contributed by atoms with Gasteiger partial charge in [-0.25, -0.2) is 14.4 Å². The summed E-state index contributed by atoms with van der Waals surface area (Å²) in [6.45, 7) is 3.93. The standard InChI is InChI=1S/C19H16FN3O2/c1-12-7-8-14(9-13(12)2)18(24)23-15-10-21-19(22-11-15)25-17-6-4-3-5-16(17)20/h3-11H,1-2H3,(H,23,24). The zero-order valence-electron chi connectivity index (χ0n) is 13.8. The molecule has 126 valence electrons. The number of nitrogens with one attached hydrogen (secondary N) is 1. The Morgan fingerprint density at radius 2 is 1.76 bits per heavy atom. The molecule has 3 aromatic rings. The zero-order chi connectivity index (χ0) is 17.8. The number of ether oxygens (including phenoxy) is 1. The van der Waals surface area contributed by atoms with Crippen LogP contribution in [0.25, 0.3) is 0 Å². The predicted octanol–water partition coefficient (Wildman–Crippen LogP) is 4.28. The molecule has 0 aliphatic heterocycles. The second-order valence-corrected chi connectivity index (χ2v) is 5.54. The van der Waals surface area contributed by atoms with Crippen molar-refractivity contribution >= 4 is 11.6 Å². The summed E-state index contributed by atoms with van der Waals surface area (Å²) in [7, 11) is 0. The van der Waals surface area contributed by atoms with Gasteiger partial charge >= 0.3 is 6.01 Å². The van der Waals surface area contributed by atoms with Crippen molar-refractivity contribution in [3.63, 3.8) is 0 Å². The van der Waals surface area contributed by atoms with Gasteiger partial charge in [-0.2, -0.15) is 0 Å². The number of rotatable bonds is 4. The van der Waals surface area contributed by atoms with Crippen molar-refractivity contribution in [2.24, 2.45) is 0 Å². The Morgan fingerprint density at radius 1 is 1.04 bits per heavy atom. The lowest BCUT2D eigenvalue weighted by Crippen LogP contribution is -2.12. The molecule has 0 aliphatic carbocycles. The maximum absolute atomic E-state index is 13.5. The highest BCUT2D eigenvalue weighted by atomic mass is 19.1. The minimum Gasteiger partial charge on any atom is -0.421 e. The molecular formula is C19H16FN3O2. The number of anilines is 1. The first kappa shape index (κ1) is 16.6. The van der Waals surface area contributed by atoms with Gasteiger partial charge in [-0.1, -0.05) is 18.2 Å². The Bertz CT molecular complexity index is 911. The van der Waals surface area contributed by atoms with Crippen LogP contribution < -0.4 is 10.1 Å². The Morgan fingerprint density at radius 3 is 2.44 bits per heavy atom. The van der Waals surface area contributed by atoms with E-state index in [1.807, 2.05) is 26.0 Å². The Labute approximate surface area is 144 Å². The molecule has 0 radical (unpaired) electrons. The second-order valence-electron chi connectivity index (χ2n) is 5.54. The minimum absolute atomic E-state index is 0.00530. The average molecular weight is 337 g/mol. The molecule has 0 saturated carbocycles.